The van der Waals surface area contributed by atoms with Gasteiger partial charge in [-0.25, -0.2) is 14.8 Å². The number of rotatable bonds is 1. The summed E-state index contributed by atoms with van der Waals surface area (Å²) in [6, 6.07) is 3.64. The predicted octanol–water partition coefficient (Wildman–Crippen LogP) is 4.48. The van der Waals surface area contributed by atoms with E-state index in [1.54, 1.807) is 19.2 Å². The Morgan fingerprint density at radius 2 is 1.62 bits per heavy atom. The van der Waals surface area contributed by atoms with Gasteiger partial charge in [-0.3, -0.25) is 0 Å². The second-order valence-electron chi connectivity index (χ2n) is 4.08. The lowest BCUT2D eigenvalue weighted by Crippen LogP contribution is -2.02. The third-order valence-electron chi connectivity index (χ3n) is 2.42. The molecule has 2 heterocycles. The summed E-state index contributed by atoms with van der Waals surface area (Å²) in [5.41, 5.74) is 2.21. The molecule has 0 fully saturated rings. The predicted molar refractivity (Wildman–Crippen MR) is 92.0 cm³/mol. The van der Waals surface area contributed by atoms with Crippen LogP contribution in [0.4, 0.5) is 0 Å². The fourth-order valence-corrected chi connectivity index (χ4v) is 2.12. The average molecular weight is 439 g/mol. The maximum absolute atomic E-state index is 11.0. The Morgan fingerprint density at radius 1 is 1.10 bits per heavy atom. The van der Waals surface area contributed by atoms with Crippen LogP contribution in [0.5, 0.6) is 0 Å². The van der Waals surface area contributed by atoms with E-state index in [9.17, 15) is 4.79 Å². The zero-order chi connectivity index (χ0) is 16.0. The largest absolute Gasteiger partial charge is 0.465 e. The monoisotopic (exact) mass is 438 g/mol. The van der Waals surface area contributed by atoms with Gasteiger partial charge in [0.25, 0.3) is 0 Å². The molecule has 0 radical (unpaired) electrons. The molecule has 0 spiro atoms. The highest BCUT2D eigenvalue weighted by Crippen LogP contribution is 2.14. The first-order valence-electron chi connectivity index (χ1n) is 5.83. The highest BCUT2D eigenvalue weighted by atomic mass is 127. The molecule has 2 aromatic rings. The Bertz CT molecular complexity index is 651. The standard InChI is InChI=1S/C8H8ClNO2.C6H5ClIN/c1-5-3-6(8(11)12-2)4-10-7(5)9;1-4-2-5(8)3-9-6(4)7/h3-4H,1-2H3;2-3H,1H3. The number of ether oxygens (including phenoxy) is 1. The van der Waals surface area contributed by atoms with Gasteiger partial charge in [-0.2, -0.15) is 0 Å². The van der Waals surface area contributed by atoms with Crippen LogP contribution in [0.25, 0.3) is 0 Å². The molecule has 0 unspecified atom stereocenters. The molecule has 2 rings (SSSR count). The van der Waals surface area contributed by atoms with Gasteiger partial charge in [0.1, 0.15) is 10.3 Å². The molecule has 0 bridgehead atoms. The van der Waals surface area contributed by atoms with Gasteiger partial charge < -0.3 is 4.74 Å². The topological polar surface area (TPSA) is 52.1 Å². The number of carbonyl (C=O) groups excluding carboxylic acids is 1. The molecular weight excluding hydrogens is 426 g/mol. The number of halogens is 3. The van der Waals surface area contributed by atoms with Gasteiger partial charge in [-0.05, 0) is 59.7 Å². The Labute approximate surface area is 147 Å². The molecule has 0 amide bonds. The van der Waals surface area contributed by atoms with Crippen LogP contribution in [0.3, 0.4) is 0 Å². The number of aryl methyl sites for hydroxylation is 2. The average Bonchev–Trinajstić information content (AvgIpc) is 2.46. The van der Waals surface area contributed by atoms with Crippen molar-refractivity contribution in [2.45, 2.75) is 13.8 Å². The van der Waals surface area contributed by atoms with E-state index in [0.29, 0.717) is 15.9 Å². The lowest BCUT2D eigenvalue weighted by Gasteiger charge is -2.00. The van der Waals surface area contributed by atoms with E-state index in [2.05, 4.69) is 37.3 Å². The van der Waals surface area contributed by atoms with Crippen LogP contribution >= 0.6 is 45.8 Å². The molecule has 0 saturated heterocycles. The minimum Gasteiger partial charge on any atom is -0.465 e. The van der Waals surface area contributed by atoms with Crippen molar-refractivity contribution in [3.05, 3.63) is 55.1 Å². The number of pyridine rings is 2. The third kappa shape index (κ3) is 5.76. The summed E-state index contributed by atoms with van der Waals surface area (Å²) in [5, 5.41) is 0.998. The Hall–Kier alpha value is -0.920. The summed E-state index contributed by atoms with van der Waals surface area (Å²) in [4.78, 5) is 18.7. The van der Waals surface area contributed by atoms with Gasteiger partial charge in [0.15, 0.2) is 0 Å². The number of methoxy groups -OCH3 is 1. The van der Waals surface area contributed by atoms with Gasteiger partial charge in [0.2, 0.25) is 0 Å². The molecule has 0 aliphatic carbocycles. The van der Waals surface area contributed by atoms with Crippen molar-refractivity contribution >= 4 is 51.8 Å². The minimum atomic E-state index is -0.401. The number of carbonyl (C=O) groups is 1. The molecule has 112 valence electrons. The van der Waals surface area contributed by atoms with E-state index in [-0.39, 0.29) is 0 Å². The summed E-state index contributed by atoms with van der Waals surface area (Å²) >= 11 is 13.5. The number of nitrogens with zero attached hydrogens (tertiary/aromatic N) is 2. The molecule has 0 aliphatic heterocycles. The first-order valence-corrected chi connectivity index (χ1v) is 7.66. The van der Waals surface area contributed by atoms with E-state index in [4.69, 9.17) is 23.2 Å². The molecule has 21 heavy (non-hydrogen) atoms. The molecule has 2 aromatic heterocycles. The van der Waals surface area contributed by atoms with E-state index in [1.165, 1.54) is 13.3 Å². The lowest BCUT2D eigenvalue weighted by atomic mass is 10.2. The quantitative estimate of drug-likeness (QED) is 0.374. The molecular formula is C14H13Cl2IN2O2. The van der Waals surface area contributed by atoms with Crippen LogP contribution in [0.15, 0.2) is 24.5 Å². The summed E-state index contributed by atoms with van der Waals surface area (Å²) in [7, 11) is 1.33. The summed E-state index contributed by atoms with van der Waals surface area (Å²) < 4.78 is 5.63. The first-order chi connectivity index (χ1) is 9.85. The number of esters is 1. The molecule has 0 atom stereocenters. The number of hydrogen-bond donors (Lipinski definition) is 0. The second-order valence-corrected chi connectivity index (χ2v) is 6.05. The van der Waals surface area contributed by atoms with Crippen molar-refractivity contribution in [2.24, 2.45) is 0 Å². The SMILES string of the molecule is COC(=O)c1cnc(Cl)c(C)c1.Cc1cc(I)cnc1Cl. The van der Waals surface area contributed by atoms with Crippen molar-refractivity contribution < 1.29 is 9.53 Å². The van der Waals surface area contributed by atoms with E-state index >= 15 is 0 Å². The van der Waals surface area contributed by atoms with E-state index in [1.807, 2.05) is 13.0 Å². The van der Waals surface area contributed by atoms with Crippen LogP contribution in [-0.2, 0) is 4.74 Å². The van der Waals surface area contributed by atoms with Crippen molar-refractivity contribution in [3.63, 3.8) is 0 Å². The van der Waals surface area contributed by atoms with Crippen LogP contribution < -0.4 is 0 Å². The van der Waals surface area contributed by atoms with Gasteiger partial charge in [-0.1, -0.05) is 23.2 Å². The molecule has 0 saturated carbocycles. The third-order valence-corrected chi connectivity index (χ3v) is 3.80. The van der Waals surface area contributed by atoms with Gasteiger partial charge in [0.05, 0.1) is 12.7 Å². The fraction of sp³-hybridized carbons (Fsp3) is 0.214. The minimum absolute atomic E-state index is 0.401. The van der Waals surface area contributed by atoms with Crippen molar-refractivity contribution in [1.82, 2.24) is 9.97 Å². The smallest absolute Gasteiger partial charge is 0.339 e. The van der Waals surface area contributed by atoms with Gasteiger partial charge in [-0.15, -0.1) is 0 Å². The Kier molecular flexibility index (Phi) is 7.34. The summed E-state index contributed by atoms with van der Waals surface area (Å²) in [6.45, 7) is 3.72. The van der Waals surface area contributed by atoms with E-state index < -0.39 is 5.97 Å². The van der Waals surface area contributed by atoms with Crippen LogP contribution in [0.2, 0.25) is 10.3 Å². The normalized spacial score (nSPS) is 9.62. The molecule has 0 aromatic carbocycles. The van der Waals surface area contributed by atoms with Crippen LogP contribution in [0, 0.1) is 17.4 Å². The van der Waals surface area contributed by atoms with Crippen molar-refractivity contribution in [2.75, 3.05) is 7.11 Å². The highest BCUT2D eigenvalue weighted by molar-refractivity contribution is 14.1. The molecule has 0 N–H and O–H groups in total. The Balaban J connectivity index is 0.000000219. The second kappa shape index (κ2) is 8.51. The van der Waals surface area contributed by atoms with E-state index in [0.717, 1.165) is 14.7 Å². The molecule has 7 heteroatoms. The summed E-state index contributed by atoms with van der Waals surface area (Å²) in [5.74, 6) is -0.401. The Morgan fingerprint density at radius 3 is 2.05 bits per heavy atom. The first kappa shape index (κ1) is 18.1. The maximum atomic E-state index is 11.0. The van der Waals surface area contributed by atoms with Gasteiger partial charge >= 0.3 is 5.97 Å². The zero-order valence-electron chi connectivity index (χ0n) is 11.7. The van der Waals surface area contributed by atoms with Crippen molar-refractivity contribution in [3.8, 4) is 0 Å². The lowest BCUT2D eigenvalue weighted by molar-refractivity contribution is 0.0600. The van der Waals surface area contributed by atoms with Crippen molar-refractivity contribution in [1.29, 1.82) is 0 Å². The number of hydrogen-bond acceptors (Lipinski definition) is 4. The molecule has 0 aliphatic rings. The number of aromatic nitrogens is 2. The maximum Gasteiger partial charge on any atom is 0.339 e. The van der Waals surface area contributed by atoms with Crippen LogP contribution in [-0.4, -0.2) is 23.0 Å². The fourth-order valence-electron chi connectivity index (χ4n) is 1.31. The molecule has 4 nitrogen and oxygen atoms in total. The summed E-state index contributed by atoms with van der Waals surface area (Å²) in [6.07, 6.45) is 3.14. The highest BCUT2D eigenvalue weighted by Gasteiger charge is 2.06. The van der Waals surface area contributed by atoms with Gasteiger partial charge in [0, 0.05) is 16.0 Å². The zero-order valence-corrected chi connectivity index (χ0v) is 15.3. The van der Waals surface area contributed by atoms with Crippen LogP contribution in [0.1, 0.15) is 21.5 Å².